The Hall–Kier alpha value is -0.720. The van der Waals surface area contributed by atoms with E-state index in [0.29, 0.717) is 0 Å². The fourth-order valence-corrected chi connectivity index (χ4v) is 0.845. The number of hydrogen-bond donors (Lipinski definition) is 1. The van der Waals surface area contributed by atoms with Gasteiger partial charge in [-0.05, 0) is 20.8 Å². The molecule has 20 heavy (non-hydrogen) atoms. The molecule has 0 bridgehead atoms. The third-order valence-corrected chi connectivity index (χ3v) is 1.96. The third-order valence-electron chi connectivity index (χ3n) is 1.61. The molecule has 0 amide bonds. The molecule has 0 saturated carbocycles. The molecule has 0 aliphatic rings. The van der Waals surface area contributed by atoms with Crippen LogP contribution in [0.2, 0.25) is 0 Å². The van der Waals surface area contributed by atoms with Gasteiger partial charge in [0.1, 0.15) is 31.7 Å². The molecule has 2 atom stereocenters. The number of rotatable bonds is 7. The first-order valence-electron chi connectivity index (χ1n) is 6.02. The Morgan fingerprint density at radius 1 is 1.40 bits per heavy atom. The van der Waals surface area contributed by atoms with Gasteiger partial charge in [0.15, 0.2) is 0 Å². The van der Waals surface area contributed by atoms with E-state index in [9.17, 15) is 13.6 Å². The molecule has 4 nitrogen and oxygen atoms in total. The number of alkyl halides is 3. The number of esters is 1. The van der Waals surface area contributed by atoms with Crippen LogP contribution in [0.15, 0.2) is 12.7 Å². The highest BCUT2D eigenvalue weighted by atomic mass is 35.5. The minimum Gasteiger partial charge on any atom is -0.458 e. The van der Waals surface area contributed by atoms with E-state index < -0.39 is 37.1 Å². The smallest absolute Gasteiger partial charge is 0.332 e. The topological polar surface area (TPSA) is 55.8 Å². The van der Waals surface area contributed by atoms with Crippen LogP contribution in [0.3, 0.4) is 0 Å². The number of halogens is 3. The molecule has 0 aliphatic heterocycles. The first-order chi connectivity index (χ1) is 9.19. The molecule has 7 heteroatoms. The van der Waals surface area contributed by atoms with Crippen molar-refractivity contribution in [3.63, 3.8) is 0 Å². The van der Waals surface area contributed by atoms with Gasteiger partial charge in [0.05, 0.1) is 12.0 Å². The van der Waals surface area contributed by atoms with Gasteiger partial charge in [0.2, 0.25) is 0 Å². The van der Waals surface area contributed by atoms with Gasteiger partial charge in [0, 0.05) is 0 Å². The van der Waals surface area contributed by atoms with Gasteiger partial charge in [0.25, 0.3) is 0 Å². The highest BCUT2D eigenvalue weighted by molar-refractivity contribution is 6.18. The second-order valence-corrected chi connectivity index (χ2v) is 5.10. The van der Waals surface area contributed by atoms with E-state index in [-0.39, 0.29) is 12.5 Å². The largest absolute Gasteiger partial charge is 0.458 e. The molecule has 0 fully saturated rings. The van der Waals surface area contributed by atoms with E-state index >= 15 is 0 Å². The number of aliphatic hydroxyl groups excluding tert-OH is 1. The summed E-state index contributed by atoms with van der Waals surface area (Å²) < 4.78 is 33.0. The van der Waals surface area contributed by atoms with Gasteiger partial charge in [-0.2, -0.15) is 0 Å². The number of hydrogen-bond acceptors (Lipinski definition) is 4. The summed E-state index contributed by atoms with van der Waals surface area (Å²) in [5, 5.41) is 8.16. The summed E-state index contributed by atoms with van der Waals surface area (Å²) in [5.41, 5.74) is -0.542. The van der Waals surface area contributed by atoms with Gasteiger partial charge in [-0.3, -0.25) is 0 Å². The molecule has 0 spiro atoms. The minimum atomic E-state index is -0.966. The number of carbonyl (C=O) groups excluding carboxylic acids is 1. The van der Waals surface area contributed by atoms with E-state index in [4.69, 9.17) is 26.2 Å². The summed E-state index contributed by atoms with van der Waals surface area (Å²) in [5.74, 6) is -0.519. The molecular weight excluding hydrogens is 294 g/mol. The molecule has 0 unspecified atom stereocenters. The SMILES string of the molecule is C=C[C@@H](CF)OCC(=O)OC(C)(C)C.O[C@H](CF)CCl. The van der Waals surface area contributed by atoms with E-state index in [0.717, 1.165) is 0 Å². The Labute approximate surface area is 123 Å². The molecule has 0 aromatic rings. The van der Waals surface area contributed by atoms with Crippen LogP contribution in [0.5, 0.6) is 0 Å². The monoisotopic (exact) mass is 316 g/mol. The number of carbonyl (C=O) groups is 1. The maximum atomic E-state index is 12.1. The lowest BCUT2D eigenvalue weighted by atomic mass is 10.2. The van der Waals surface area contributed by atoms with Crippen molar-refractivity contribution in [3.05, 3.63) is 12.7 Å². The maximum Gasteiger partial charge on any atom is 0.332 e. The van der Waals surface area contributed by atoms with Gasteiger partial charge < -0.3 is 14.6 Å². The lowest BCUT2D eigenvalue weighted by Crippen LogP contribution is -2.28. The Balaban J connectivity index is 0. The first kappa shape index (κ1) is 21.6. The van der Waals surface area contributed by atoms with Crippen molar-refractivity contribution in [1.82, 2.24) is 0 Å². The van der Waals surface area contributed by atoms with Crippen LogP contribution in [0.25, 0.3) is 0 Å². The van der Waals surface area contributed by atoms with Crippen molar-refractivity contribution in [3.8, 4) is 0 Å². The first-order valence-corrected chi connectivity index (χ1v) is 6.55. The lowest BCUT2D eigenvalue weighted by Gasteiger charge is -2.20. The predicted octanol–water partition coefficient (Wildman–Crippen LogP) is 2.42. The zero-order valence-electron chi connectivity index (χ0n) is 12.1. The van der Waals surface area contributed by atoms with Crippen LogP contribution in [0.4, 0.5) is 8.78 Å². The Morgan fingerprint density at radius 3 is 2.20 bits per heavy atom. The maximum absolute atomic E-state index is 12.1. The summed E-state index contributed by atoms with van der Waals surface area (Å²) in [7, 11) is 0. The van der Waals surface area contributed by atoms with Gasteiger partial charge in [-0.15, -0.1) is 18.2 Å². The van der Waals surface area contributed by atoms with Crippen molar-refractivity contribution >= 4 is 17.6 Å². The second-order valence-electron chi connectivity index (χ2n) is 4.79. The molecule has 0 aromatic heterocycles. The summed E-state index contributed by atoms with van der Waals surface area (Å²) in [6, 6.07) is 0. The Morgan fingerprint density at radius 2 is 1.95 bits per heavy atom. The van der Waals surface area contributed by atoms with Crippen molar-refractivity contribution in [2.24, 2.45) is 0 Å². The van der Waals surface area contributed by atoms with Crippen LogP contribution >= 0.6 is 11.6 Å². The Bertz CT molecular complexity index is 266. The van der Waals surface area contributed by atoms with Gasteiger partial charge in [-0.25, -0.2) is 13.6 Å². The van der Waals surface area contributed by atoms with Crippen LogP contribution < -0.4 is 0 Å². The van der Waals surface area contributed by atoms with Crippen molar-refractivity contribution < 1.29 is 28.2 Å². The average Bonchev–Trinajstić information content (AvgIpc) is 2.37. The summed E-state index contributed by atoms with van der Waals surface area (Å²) >= 11 is 4.96. The number of aliphatic hydroxyl groups is 1. The highest BCUT2D eigenvalue weighted by Crippen LogP contribution is 2.07. The van der Waals surface area contributed by atoms with E-state index in [1.165, 1.54) is 6.08 Å². The molecule has 0 heterocycles. The van der Waals surface area contributed by atoms with Crippen LogP contribution in [-0.2, 0) is 14.3 Å². The van der Waals surface area contributed by atoms with Gasteiger partial charge in [-0.1, -0.05) is 6.08 Å². The van der Waals surface area contributed by atoms with Crippen LogP contribution in [-0.4, -0.2) is 54.7 Å². The minimum absolute atomic E-state index is 0.0174. The molecular formula is C13H23ClF2O4. The quantitative estimate of drug-likeness (QED) is 0.445. The fraction of sp³-hybridized carbons (Fsp3) is 0.769. The van der Waals surface area contributed by atoms with Gasteiger partial charge >= 0.3 is 5.97 Å². The van der Waals surface area contributed by atoms with E-state index in [1.807, 2.05) is 0 Å². The Kier molecular flexibility index (Phi) is 13.0. The number of ether oxygens (including phenoxy) is 2. The normalized spacial score (nSPS) is 13.8. The lowest BCUT2D eigenvalue weighted by molar-refractivity contribution is -0.161. The van der Waals surface area contributed by atoms with Crippen LogP contribution in [0, 0.1) is 0 Å². The van der Waals surface area contributed by atoms with Crippen molar-refractivity contribution in [2.45, 2.75) is 38.6 Å². The zero-order chi connectivity index (χ0) is 16.2. The predicted molar refractivity (Wildman–Crippen MR) is 74.5 cm³/mol. The molecule has 0 radical (unpaired) electrons. The molecule has 1 N–H and O–H groups in total. The highest BCUT2D eigenvalue weighted by Gasteiger charge is 2.17. The summed E-state index contributed by atoms with van der Waals surface area (Å²) in [6.45, 7) is 6.95. The molecule has 0 saturated heterocycles. The third kappa shape index (κ3) is 15.3. The standard InChI is InChI=1S/C10H17FO3.C3H6ClFO/c1-5-8(6-11)13-7-9(12)14-10(2,3)4;4-1-3(6)2-5/h5,8H,1,6-7H2,2-4H3;3,6H,1-2H2/t8-;3-/m00/s1. The molecule has 0 rings (SSSR count). The summed E-state index contributed by atoms with van der Waals surface area (Å²) in [4.78, 5) is 11.1. The fourth-order valence-electron chi connectivity index (χ4n) is 0.763. The summed E-state index contributed by atoms with van der Waals surface area (Å²) in [6.07, 6.45) is -0.390. The van der Waals surface area contributed by atoms with Crippen molar-refractivity contribution in [2.75, 3.05) is 25.8 Å². The second kappa shape index (κ2) is 12.1. The zero-order valence-corrected chi connectivity index (χ0v) is 12.8. The van der Waals surface area contributed by atoms with Crippen molar-refractivity contribution in [1.29, 1.82) is 0 Å². The molecule has 0 aliphatic carbocycles. The van der Waals surface area contributed by atoms with E-state index in [1.54, 1.807) is 20.8 Å². The van der Waals surface area contributed by atoms with E-state index in [2.05, 4.69) is 6.58 Å². The molecule has 120 valence electrons. The molecule has 0 aromatic carbocycles. The van der Waals surface area contributed by atoms with Crippen LogP contribution in [0.1, 0.15) is 20.8 Å². The average molecular weight is 317 g/mol.